The number of phenols is 1. The molecule has 2 unspecified atom stereocenters. The lowest BCUT2D eigenvalue weighted by molar-refractivity contribution is 0.0290. The number of benzene rings is 2. The molecule has 1 aliphatic carbocycles. The highest BCUT2D eigenvalue weighted by atomic mass is 127. The van der Waals surface area contributed by atoms with Gasteiger partial charge in [-0.1, -0.05) is 36.4 Å². The Morgan fingerprint density at radius 1 is 0.960 bits per heavy atom. The molecule has 1 saturated heterocycles. The van der Waals surface area contributed by atoms with E-state index >= 15 is 0 Å². The third kappa shape index (κ3) is 3.44. The first-order chi connectivity index (χ1) is 12.1. The molecule has 132 valence electrons. The fourth-order valence-corrected chi connectivity index (χ4v) is 4.94. The molecule has 4 rings (SSSR count). The number of rotatable bonds is 2. The molecule has 2 aromatic carbocycles. The van der Waals surface area contributed by atoms with Gasteiger partial charge in [0.05, 0.1) is 9.67 Å². The minimum absolute atomic E-state index is 0.119. The van der Waals surface area contributed by atoms with Gasteiger partial charge in [-0.2, -0.15) is 0 Å². The molecule has 3 nitrogen and oxygen atoms in total. The maximum Gasteiger partial charge on any atom is 0.132 e. The molecule has 1 aliphatic heterocycles. The fraction of sp³-hybridized carbons (Fsp3) is 0.429. The van der Waals surface area contributed by atoms with Gasteiger partial charge in [0, 0.05) is 12.5 Å². The average Bonchev–Trinajstić information content (AvgIpc) is 2.65. The molecule has 1 heterocycles. The molecule has 2 atom stereocenters. The largest absolute Gasteiger partial charge is 0.507 e. The summed E-state index contributed by atoms with van der Waals surface area (Å²) < 4.78 is 0.897. The summed E-state index contributed by atoms with van der Waals surface area (Å²) in [6.07, 6.45) is 3.31. The Bertz CT molecular complexity index is 741. The number of halogens is 1. The maximum absolute atomic E-state index is 10.7. The molecule has 2 N–H and O–H groups in total. The second kappa shape index (κ2) is 7.25. The van der Waals surface area contributed by atoms with Crippen molar-refractivity contribution >= 4 is 22.6 Å². The van der Waals surface area contributed by atoms with Crippen LogP contribution in [0.2, 0.25) is 0 Å². The Labute approximate surface area is 162 Å². The van der Waals surface area contributed by atoms with Crippen LogP contribution in [-0.4, -0.2) is 40.3 Å². The number of hydrogen-bond donors (Lipinski definition) is 2. The molecule has 2 aliphatic rings. The van der Waals surface area contributed by atoms with Crippen molar-refractivity contribution in [2.45, 2.75) is 43.7 Å². The number of piperidine rings is 1. The van der Waals surface area contributed by atoms with E-state index in [0.717, 1.165) is 47.0 Å². The van der Waals surface area contributed by atoms with Gasteiger partial charge in [-0.15, -0.1) is 0 Å². The van der Waals surface area contributed by atoms with E-state index in [9.17, 15) is 10.2 Å². The van der Waals surface area contributed by atoms with Gasteiger partial charge in [-0.3, -0.25) is 4.90 Å². The van der Waals surface area contributed by atoms with Crippen molar-refractivity contribution in [1.29, 1.82) is 0 Å². The summed E-state index contributed by atoms with van der Waals surface area (Å²) in [6.45, 7) is 2.03. The van der Waals surface area contributed by atoms with Crippen LogP contribution >= 0.6 is 22.6 Å². The number of phenolic OH excluding ortho intramolecular Hbond substituents is 1. The first-order valence-electron chi connectivity index (χ1n) is 9.09. The van der Waals surface area contributed by atoms with Crippen LogP contribution in [0.5, 0.6) is 5.75 Å². The predicted molar refractivity (Wildman–Crippen MR) is 108 cm³/mol. The second-order valence-electron chi connectivity index (χ2n) is 7.30. The quantitative estimate of drug-likeness (QED) is 0.688. The molecule has 0 spiro atoms. The summed E-state index contributed by atoms with van der Waals surface area (Å²) in [5, 5.41) is 21.1. The van der Waals surface area contributed by atoms with Gasteiger partial charge in [-0.25, -0.2) is 0 Å². The van der Waals surface area contributed by atoms with E-state index in [2.05, 4.69) is 63.9 Å². The van der Waals surface area contributed by atoms with Gasteiger partial charge in [0.15, 0.2) is 0 Å². The molecule has 0 saturated carbocycles. The molecule has 0 aromatic heterocycles. The zero-order valence-electron chi connectivity index (χ0n) is 14.2. The van der Waals surface area contributed by atoms with Crippen LogP contribution in [0.4, 0.5) is 0 Å². The fourth-order valence-electron chi connectivity index (χ4n) is 4.44. The average molecular weight is 449 g/mol. The smallest absolute Gasteiger partial charge is 0.132 e. The van der Waals surface area contributed by atoms with Crippen molar-refractivity contribution in [1.82, 2.24) is 4.90 Å². The number of aliphatic hydroxyl groups excluding tert-OH is 1. The van der Waals surface area contributed by atoms with Crippen LogP contribution in [0, 0.1) is 3.57 Å². The Kier molecular flexibility index (Phi) is 5.02. The molecule has 0 amide bonds. The standard InChI is InChI=1S/C21H24INO2/c22-18-7-6-16-12-20(24)19(13-17(16)21(18)25)23-10-8-15(9-11-23)14-4-2-1-3-5-14/h1-7,15,19-20,24-25H,8-13H2. The van der Waals surface area contributed by atoms with Gasteiger partial charge in [0.25, 0.3) is 0 Å². The van der Waals surface area contributed by atoms with Crippen molar-refractivity contribution < 1.29 is 10.2 Å². The van der Waals surface area contributed by atoms with Crippen LogP contribution in [0.25, 0.3) is 0 Å². The zero-order chi connectivity index (χ0) is 17.4. The maximum atomic E-state index is 10.7. The van der Waals surface area contributed by atoms with E-state index < -0.39 is 0 Å². The molecular weight excluding hydrogens is 425 g/mol. The highest BCUT2D eigenvalue weighted by Crippen LogP contribution is 2.36. The number of likely N-dealkylation sites (tertiary alicyclic amines) is 1. The van der Waals surface area contributed by atoms with Gasteiger partial charge in [0.2, 0.25) is 0 Å². The van der Waals surface area contributed by atoms with Crippen molar-refractivity contribution in [2.24, 2.45) is 0 Å². The second-order valence-corrected chi connectivity index (χ2v) is 8.46. The molecule has 0 bridgehead atoms. The number of aliphatic hydroxyl groups is 1. The van der Waals surface area contributed by atoms with Crippen LogP contribution < -0.4 is 0 Å². The number of hydrogen-bond acceptors (Lipinski definition) is 3. The molecule has 25 heavy (non-hydrogen) atoms. The lowest BCUT2D eigenvalue weighted by Gasteiger charge is -2.42. The van der Waals surface area contributed by atoms with E-state index in [1.807, 2.05) is 6.07 Å². The van der Waals surface area contributed by atoms with Crippen LogP contribution in [0.1, 0.15) is 35.4 Å². The number of aromatic hydroxyl groups is 1. The number of nitrogens with zero attached hydrogens (tertiary/aromatic N) is 1. The minimum atomic E-state index is -0.347. The predicted octanol–water partition coefficient (Wildman–Crippen LogP) is 3.70. The third-order valence-electron chi connectivity index (χ3n) is 5.89. The summed E-state index contributed by atoms with van der Waals surface area (Å²) in [7, 11) is 0. The summed E-state index contributed by atoms with van der Waals surface area (Å²) in [6, 6.07) is 14.9. The Morgan fingerprint density at radius 2 is 1.68 bits per heavy atom. The highest BCUT2D eigenvalue weighted by Gasteiger charge is 2.35. The van der Waals surface area contributed by atoms with Gasteiger partial charge >= 0.3 is 0 Å². The van der Waals surface area contributed by atoms with Crippen molar-refractivity contribution in [3.63, 3.8) is 0 Å². The Morgan fingerprint density at radius 3 is 2.40 bits per heavy atom. The lowest BCUT2D eigenvalue weighted by atomic mass is 9.82. The molecule has 0 radical (unpaired) electrons. The van der Waals surface area contributed by atoms with E-state index in [4.69, 9.17) is 0 Å². The molecule has 1 fully saturated rings. The number of fused-ring (bicyclic) bond motifs is 1. The normalized spacial score (nSPS) is 24.9. The lowest BCUT2D eigenvalue weighted by Crippen LogP contribution is -2.51. The summed E-state index contributed by atoms with van der Waals surface area (Å²) >= 11 is 2.18. The van der Waals surface area contributed by atoms with Gasteiger partial charge in [-0.05, 0) is 83.6 Å². The van der Waals surface area contributed by atoms with Crippen molar-refractivity contribution in [2.75, 3.05) is 13.1 Å². The zero-order valence-corrected chi connectivity index (χ0v) is 16.4. The first-order valence-corrected chi connectivity index (χ1v) is 10.2. The molecule has 2 aromatic rings. The van der Waals surface area contributed by atoms with Crippen LogP contribution in [-0.2, 0) is 12.8 Å². The van der Waals surface area contributed by atoms with Crippen LogP contribution in [0.15, 0.2) is 42.5 Å². The van der Waals surface area contributed by atoms with Crippen molar-refractivity contribution in [3.8, 4) is 5.75 Å². The highest BCUT2D eigenvalue weighted by molar-refractivity contribution is 14.1. The Hall–Kier alpha value is -1.11. The van der Waals surface area contributed by atoms with E-state index in [-0.39, 0.29) is 12.1 Å². The summed E-state index contributed by atoms with van der Waals surface area (Å²) in [5.41, 5.74) is 3.57. The van der Waals surface area contributed by atoms with Crippen molar-refractivity contribution in [3.05, 3.63) is 62.7 Å². The van der Waals surface area contributed by atoms with Crippen LogP contribution in [0.3, 0.4) is 0 Å². The summed E-state index contributed by atoms with van der Waals surface area (Å²) in [5.74, 6) is 1.04. The van der Waals surface area contributed by atoms with Gasteiger partial charge < -0.3 is 10.2 Å². The monoisotopic (exact) mass is 449 g/mol. The van der Waals surface area contributed by atoms with E-state index in [0.29, 0.717) is 18.1 Å². The minimum Gasteiger partial charge on any atom is -0.507 e. The summed E-state index contributed by atoms with van der Waals surface area (Å²) in [4.78, 5) is 2.44. The van der Waals surface area contributed by atoms with Gasteiger partial charge in [0.1, 0.15) is 5.75 Å². The van der Waals surface area contributed by atoms with E-state index in [1.54, 1.807) is 0 Å². The molecule has 4 heteroatoms. The molecular formula is C21H24INO2. The third-order valence-corrected chi connectivity index (χ3v) is 6.76. The SMILES string of the molecule is Oc1c(I)ccc2c1CC(N1CCC(c3ccccc3)CC1)C(O)C2. The topological polar surface area (TPSA) is 43.7 Å². The Balaban J connectivity index is 1.47. The first kappa shape index (κ1) is 17.3. The van der Waals surface area contributed by atoms with E-state index in [1.165, 1.54) is 5.56 Å².